The number of nitrogens with zero attached hydrogens (tertiary/aromatic N) is 1. The molecule has 1 saturated heterocycles. The van der Waals surface area contributed by atoms with Crippen molar-refractivity contribution in [1.29, 1.82) is 0 Å². The lowest BCUT2D eigenvalue weighted by Crippen LogP contribution is -2.50. The highest BCUT2D eigenvalue weighted by atomic mass is 16.6. The summed E-state index contributed by atoms with van der Waals surface area (Å²) in [5.74, 6) is 0.807. The van der Waals surface area contributed by atoms with Crippen molar-refractivity contribution < 1.29 is 14.3 Å². The minimum absolute atomic E-state index is 0.0769. The molecule has 0 saturated carbocycles. The molecule has 6 heteroatoms. The number of hydrogen-bond donors (Lipinski definition) is 2. The van der Waals surface area contributed by atoms with Gasteiger partial charge in [0.2, 0.25) is 0 Å². The molecule has 1 aliphatic rings. The molecule has 1 aromatic heterocycles. The maximum atomic E-state index is 12.6. The van der Waals surface area contributed by atoms with Gasteiger partial charge < -0.3 is 19.8 Å². The van der Waals surface area contributed by atoms with Crippen molar-refractivity contribution in [3.63, 3.8) is 0 Å². The Balaban J connectivity index is 1.88. The average Bonchev–Trinajstić information content (AvgIpc) is 2.96. The van der Waals surface area contributed by atoms with E-state index in [0.29, 0.717) is 13.1 Å². The molecule has 130 valence electrons. The van der Waals surface area contributed by atoms with E-state index in [2.05, 4.69) is 16.4 Å². The molecule has 1 fully saturated rings. The van der Waals surface area contributed by atoms with E-state index in [1.54, 1.807) is 12.0 Å². The van der Waals surface area contributed by atoms with E-state index >= 15 is 0 Å². The van der Waals surface area contributed by atoms with Gasteiger partial charge in [0.05, 0.1) is 13.2 Å². The molecule has 24 heavy (non-hydrogen) atoms. The summed E-state index contributed by atoms with van der Waals surface area (Å²) in [7, 11) is 1.65. The Kier molecular flexibility index (Phi) is 4.41. The van der Waals surface area contributed by atoms with Crippen molar-refractivity contribution in [2.24, 2.45) is 0 Å². The number of aromatic nitrogens is 1. The summed E-state index contributed by atoms with van der Waals surface area (Å²) < 4.78 is 10.8. The summed E-state index contributed by atoms with van der Waals surface area (Å²) in [6.07, 6.45) is -0.273. The van der Waals surface area contributed by atoms with Gasteiger partial charge in [-0.05, 0) is 44.4 Å². The second-order valence-corrected chi connectivity index (χ2v) is 7.07. The van der Waals surface area contributed by atoms with Gasteiger partial charge in [0.1, 0.15) is 11.4 Å². The molecule has 0 bridgehead atoms. The van der Waals surface area contributed by atoms with Crippen LogP contribution in [0.4, 0.5) is 4.79 Å². The van der Waals surface area contributed by atoms with Crippen molar-refractivity contribution in [2.75, 3.05) is 26.7 Å². The van der Waals surface area contributed by atoms with E-state index < -0.39 is 5.60 Å². The molecule has 3 rings (SSSR count). The lowest BCUT2D eigenvalue weighted by molar-refractivity contribution is 0.0114. The van der Waals surface area contributed by atoms with Crippen LogP contribution in [0, 0.1) is 0 Å². The second-order valence-electron chi connectivity index (χ2n) is 7.07. The first-order valence-electron chi connectivity index (χ1n) is 8.24. The monoisotopic (exact) mass is 331 g/mol. The van der Waals surface area contributed by atoms with Crippen molar-refractivity contribution in [1.82, 2.24) is 15.2 Å². The van der Waals surface area contributed by atoms with Crippen molar-refractivity contribution >= 4 is 17.0 Å². The molecule has 2 aromatic rings. The Bertz CT molecular complexity index is 733. The number of H-pyrrole nitrogens is 1. The fraction of sp³-hybridized carbons (Fsp3) is 0.500. The number of carbonyl (C=O) groups is 1. The molecule has 1 atom stereocenters. The Labute approximate surface area is 142 Å². The largest absolute Gasteiger partial charge is 0.497 e. The van der Waals surface area contributed by atoms with Crippen LogP contribution >= 0.6 is 0 Å². The highest BCUT2D eigenvalue weighted by molar-refractivity contribution is 5.82. The normalized spacial score (nSPS) is 18.7. The molecule has 1 aliphatic heterocycles. The lowest BCUT2D eigenvalue weighted by Gasteiger charge is -2.36. The number of benzene rings is 1. The first kappa shape index (κ1) is 16.6. The number of amides is 1. The summed E-state index contributed by atoms with van der Waals surface area (Å²) in [5.41, 5.74) is 1.50. The molecule has 2 heterocycles. The highest BCUT2D eigenvalue weighted by Crippen LogP contribution is 2.28. The summed E-state index contributed by atoms with van der Waals surface area (Å²) in [5, 5.41) is 4.45. The van der Waals surface area contributed by atoms with E-state index in [1.807, 2.05) is 39.0 Å². The van der Waals surface area contributed by atoms with Crippen LogP contribution in [0.15, 0.2) is 24.3 Å². The third-order valence-electron chi connectivity index (χ3n) is 4.08. The number of carbonyl (C=O) groups excluding carboxylic acids is 1. The maximum Gasteiger partial charge on any atom is 0.410 e. The molecular weight excluding hydrogens is 306 g/mol. The summed E-state index contributed by atoms with van der Waals surface area (Å²) in [4.78, 5) is 17.8. The highest BCUT2D eigenvalue weighted by Gasteiger charge is 2.32. The Morgan fingerprint density at radius 2 is 2.08 bits per heavy atom. The maximum absolute atomic E-state index is 12.6. The third kappa shape index (κ3) is 3.48. The van der Waals surface area contributed by atoms with Crippen molar-refractivity contribution in [3.8, 4) is 5.75 Å². The van der Waals surface area contributed by atoms with Crippen LogP contribution in [-0.4, -0.2) is 48.3 Å². The van der Waals surface area contributed by atoms with E-state index in [4.69, 9.17) is 9.47 Å². The van der Waals surface area contributed by atoms with Gasteiger partial charge in [-0.3, -0.25) is 4.90 Å². The topological polar surface area (TPSA) is 66.6 Å². The Morgan fingerprint density at radius 1 is 1.29 bits per heavy atom. The van der Waals surface area contributed by atoms with Gasteiger partial charge in [-0.2, -0.15) is 0 Å². The van der Waals surface area contributed by atoms with E-state index in [-0.39, 0.29) is 12.1 Å². The SMILES string of the molecule is COc1ccc2cc(C3CNCCN3C(=O)OC(C)(C)C)[nH]c2c1. The minimum atomic E-state index is -0.500. The van der Waals surface area contributed by atoms with Crippen molar-refractivity contribution in [2.45, 2.75) is 32.4 Å². The number of hydrogen-bond acceptors (Lipinski definition) is 4. The summed E-state index contributed by atoms with van der Waals surface area (Å²) >= 11 is 0. The van der Waals surface area contributed by atoms with Crippen LogP contribution in [0.25, 0.3) is 10.9 Å². The fourth-order valence-corrected chi connectivity index (χ4v) is 2.96. The summed E-state index contributed by atoms with van der Waals surface area (Å²) in [6, 6.07) is 7.93. The standard InChI is InChI=1S/C18H25N3O3/c1-18(2,3)24-17(22)21-8-7-19-11-16(21)15-9-12-5-6-13(23-4)10-14(12)20-15/h5-6,9-10,16,19-20H,7-8,11H2,1-4H3. The number of fused-ring (bicyclic) bond motifs is 1. The van der Waals surface area contributed by atoms with Crippen LogP contribution in [0.2, 0.25) is 0 Å². The first-order valence-corrected chi connectivity index (χ1v) is 8.24. The Morgan fingerprint density at radius 3 is 2.79 bits per heavy atom. The molecule has 0 radical (unpaired) electrons. The molecule has 2 N–H and O–H groups in total. The van der Waals surface area contributed by atoms with Crippen LogP contribution in [0.3, 0.4) is 0 Å². The molecular formula is C18H25N3O3. The minimum Gasteiger partial charge on any atom is -0.497 e. The van der Waals surface area contributed by atoms with Gasteiger partial charge in [-0.25, -0.2) is 4.79 Å². The number of nitrogens with one attached hydrogen (secondary N) is 2. The zero-order valence-electron chi connectivity index (χ0n) is 14.7. The van der Waals surface area contributed by atoms with Crippen molar-refractivity contribution in [3.05, 3.63) is 30.0 Å². The van der Waals surface area contributed by atoms with Gasteiger partial charge in [0.15, 0.2) is 0 Å². The van der Waals surface area contributed by atoms with Crippen LogP contribution in [-0.2, 0) is 4.74 Å². The molecule has 1 amide bonds. The van der Waals surface area contributed by atoms with Gasteiger partial charge in [-0.15, -0.1) is 0 Å². The smallest absolute Gasteiger partial charge is 0.410 e. The van der Waals surface area contributed by atoms with Gasteiger partial charge in [-0.1, -0.05) is 0 Å². The van der Waals surface area contributed by atoms with Gasteiger partial charge in [0, 0.05) is 36.9 Å². The lowest BCUT2D eigenvalue weighted by atomic mass is 10.1. The second kappa shape index (κ2) is 6.36. The average molecular weight is 331 g/mol. The first-order chi connectivity index (χ1) is 11.4. The zero-order chi connectivity index (χ0) is 17.3. The molecule has 0 aliphatic carbocycles. The van der Waals surface area contributed by atoms with Gasteiger partial charge >= 0.3 is 6.09 Å². The number of ether oxygens (including phenoxy) is 2. The third-order valence-corrected chi connectivity index (χ3v) is 4.08. The summed E-state index contributed by atoms with van der Waals surface area (Å²) in [6.45, 7) is 7.75. The zero-order valence-corrected chi connectivity index (χ0v) is 14.7. The van der Waals surface area contributed by atoms with E-state index in [1.165, 1.54) is 0 Å². The quantitative estimate of drug-likeness (QED) is 0.887. The predicted octanol–water partition coefficient (Wildman–Crippen LogP) is 3.06. The molecule has 1 unspecified atom stereocenters. The van der Waals surface area contributed by atoms with Crippen LogP contribution < -0.4 is 10.1 Å². The molecule has 0 spiro atoms. The van der Waals surface area contributed by atoms with E-state index in [0.717, 1.165) is 28.9 Å². The predicted molar refractivity (Wildman–Crippen MR) is 93.4 cm³/mol. The number of rotatable bonds is 2. The van der Waals surface area contributed by atoms with Crippen LogP contribution in [0.1, 0.15) is 32.5 Å². The van der Waals surface area contributed by atoms with E-state index in [9.17, 15) is 4.79 Å². The fourth-order valence-electron chi connectivity index (χ4n) is 2.96. The molecule has 6 nitrogen and oxygen atoms in total. The Hall–Kier alpha value is -2.21. The van der Waals surface area contributed by atoms with Gasteiger partial charge in [0.25, 0.3) is 0 Å². The number of methoxy groups -OCH3 is 1. The number of piperazine rings is 1. The van der Waals surface area contributed by atoms with Crippen LogP contribution in [0.5, 0.6) is 5.75 Å². The number of aromatic amines is 1. The molecule has 1 aromatic carbocycles.